The number of likely N-dealkylation sites (tertiary alicyclic amines) is 1. The molecule has 0 spiro atoms. The smallest absolute Gasteiger partial charge is 0.209 e. The van der Waals surface area contributed by atoms with Gasteiger partial charge in [-0.2, -0.15) is 0 Å². The summed E-state index contributed by atoms with van der Waals surface area (Å²) >= 11 is 0. The van der Waals surface area contributed by atoms with Gasteiger partial charge in [0.15, 0.2) is 6.04 Å². The van der Waals surface area contributed by atoms with Crippen LogP contribution in [0.15, 0.2) is 30.3 Å². The number of tetrazole rings is 1. The molecule has 2 N–H and O–H groups in total. The molecule has 1 aromatic carbocycles. The topological polar surface area (TPSA) is 68.3 Å². The van der Waals surface area contributed by atoms with Gasteiger partial charge in [-0.15, -0.1) is 5.10 Å². The van der Waals surface area contributed by atoms with Gasteiger partial charge in [0.25, 0.3) is 0 Å². The predicted molar refractivity (Wildman–Crippen MR) is 86.9 cm³/mol. The molecule has 1 aromatic heterocycles. The maximum absolute atomic E-state index is 9.77. The van der Waals surface area contributed by atoms with Gasteiger partial charge in [0.1, 0.15) is 0 Å². The number of aliphatic hydroxyl groups excluding tert-OH is 1. The molecule has 0 saturated carbocycles. The van der Waals surface area contributed by atoms with Gasteiger partial charge in [0.05, 0.1) is 25.7 Å². The number of hydrogen-bond donors (Lipinski definition) is 2. The Kier molecular flexibility index (Phi) is 5.03. The molecule has 0 unspecified atom stereocenters. The molecule has 6 heteroatoms. The third-order valence-corrected chi connectivity index (χ3v) is 4.72. The molecule has 1 fully saturated rings. The third-order valence-electron chi connectivity index (χ3n) is 4.72. The Balaban J connectivity index is 1.82. The van der Waals surface area contributed by atoms with Crippen LogP contribution >= 0.6 is 0 Å². The van der Waals surface area contributed by atoms with E-state index in [2.05, 4.69) is 41.5 Å². The largest absolute Gasteiger partial charge is 0.393 e. The van der Waals surface area contributed by atoms with Crippen molar-refractivity contribution in [3.8, 4) is 0 Å². The van der Waals surface area contributed by atoms with Crippen molar-refractivity contribution in [2.45, 2.75) is 45.4 Å². The van der Waals surface area contributed by atoms with Crippen LogP contribution in [0, 0.1) is 5.92 Å². The monoisotopic (exact) mass is 316 g/mol. The number of quaternary nitrogens is 1. The normalized spacial score (nSPS) is 23.1. The number of nitrogens with one attached hydrogen (secondary N) is 1. The highest BCUT2D eigenvalue weighted by molar-refractivity contribution is 5.15. The number of aliphatic hydroxyl groups is 1. The van der Waals surface area contributed by atoms with E-state index in [1.54, 1.807) is 0 Å². The van der Waals surface area contributed by atoms with E-state index in [1.807, 2.05) is 22.9 Å². The zero-order chi connectivity index (χ0) is 16.2. The Morgan fingerprint density at radius 1 is 1.22 bits per heavy atom. The van der Waals surface area contributed by atoms with Gasteiger partial charge in [-0.3, -0.25) is 0 Å². The van der Waals surface area contributed by atoms with Gasteiger partial charge >= 0.3 is 0 Å². The van der Waals surface area contributed by atoms with Gasteiger partial charge in [-0.05, 0) is 16.0 Å². The summed E-state index contributed by atoms with van der Waals surface area (Å²) in [5.41, 5.74) is 1.20. The third kappa shape index (κ3) is 3.76. The van der Waals surface area contributed by atoms with Crippen LogP contribution in [0.3, 0.4) is 0 Å². The zero-order valence-electron chi connectivity index (χ0n) is 13.9. The van der Waals surface area contributed by atoms with E-state index in [-0.39, 0.29) is 12.1 Å². The van der Waals surface area contributed by atoms with E-state index in [4.69, 9.17) is 0 Å². The average molecular weight is 316 g/mol. The van der Waals surface area contributed by atoms with Gasteiger partial charge in [0.2, 0.25) is 5.82 Å². The first-order valence-electron chi connectivity index (χ1n) is 8.47. The van der Waals surface area contributed by atoms with Gasteiger partial charge < -0.3 is 10.0 Å². The summed E-state index contributed by atoms with van der Waals surface area (Å²) in [6, 6.07) is 10.6. The lowest BCUT2D eigenvalue weighted by atomic mass is 9.97. The Bertz CT molecular complexity index is 604. The van der Waals surface area contributed by atoms with Gasteiger partial charge in [-0.1, -0.05) is 44.2 Å². The Labute approximate surface area is 137 Å². The van der Waals surface area contributed by atoms with E-state index in [0.29, 0.717) is 12.5 Å². The fourth-order valence-electron chi connectivity index (χ4n) is 3.54. The van der Waals surface area contributed by atoms with Crippen LogP contribution in [0.4, 0.5) is 0 Å². The summed E-state index contributed by atoms with van der Waals surface area (Å²) in [5, 5.41) is 22.3. The molecule has 2 aromatic rings. The fraction of sp³-hybridized carbons (Fsp3) is 0.588. The Morgan fingerprint density at radius 3 is 2.57 bits per heavy atom. The highest BCUT2D eigenvalue weighted by atomic mass is 16.3. The number of nitrogens with zero attached hydrogens (tertiary/aromatic N) is 4. The molecule has 1 aliphatic heterocycles. The van der Waals surface area contributed by atoms with Crippen LogP contribution in [0.1, 0.15) is 44.1 Å². The summed E-state index contributed by atoms with van der Waals surface area (Å²) in [5.74, 6) is 1.40. The first kappa shape index (κ1) is 16.1. The van der Waals surface area contributed by atoms with Crippen molar-refractivity contribution in [2.75, 3.05) is 13.1 Å². The first-order valence-corrected chi connectivity index (χ1v) is 8.47. The van der Waals surface area contributed by atoms with Crippen molar-refractivity contribution in [3.05, 3.63) is 41.7 Å². The summed E-state index contributed by atoms with van der Waals surface area (Å²) in [6.07, 6.45) is 1.57. The maximum Gasteiger partial charge on any atom is 0.209 e. The second-order valence-corrected chi connectivity index (χ2v) is 6.79. The van der Waals surface area contributed by atoms with Crippen molar-refractivity contribution in [1.29, 1.82) is 0 Å². The fourth-order valence-corrected chi connectivity index (χ4v) is 3.54. The van der Waals surface area contributed by atoms with Crippen molar-refractivity contribution < 1.29 is 10.0 Å². The van der Waals surface area contributed by atoms with Crippen molar-refractivity contribution in [3.63, 3.8) is 0 Å². The summed E-state index contributed by atoms with van der Waals surface area (Å²) in [4.78, 5) is 1.48. The number of rotatable bonds is 5. The lowest BCUT2D eigenvalue weighted by molar-refractivity contribution is -0.941. The van der Waals surface area contributed by atoms with Crippen LogP contribution in [0.5, 0.6) is 0 Å². The number of aromatic nitrogens is 4. The molecular weight excluding hydrogens is 290 g/mol. The highest BCUT2D eigenvalue weighted by Gasteiger charge is 2.35. The van der Waals surface area contributed by atoms with Crippen LogP contribution in [0.25, 0.3) is 0 Å². The van der Waals surface area contributed by atoms with Crippen LogP contribution < -0.4 is 4.90 Å². The molecule has 6 nitrogen and oxygen atoms in total. The molecule has 0 bridgehead atoms. The lowest BCUT2D eigenvalue weighted by Gasteiger charge is -2.34. The van der Waals surface area contributed by atoms with Crippen molar-refractivity contribution in [2.24, 2.45) is 5.92 Å². The molecule has 23 heavy (non-hydrogen) atoms. The quantitative estimate of drug-likeness (QED) is 0.841. The zero-order valence-corrected chi connectivity index (χ0v) is 13.9. The van der Waals surface area contributed by atoms with E-state index in [0.717, 1.165) is 31.8 Å². The maximum atomic E-state index is 9.77. The van der Waals surface area contributed by atoms with E-state index in [9.17, 15) is 5.11 Å². The minimum Gasteiger partial charge on any atom is -0.393 e. The summed E-state index contributed by atoms with van der Waals surface area (Å²) < 4.78 is 1.93. The Morgan fingerprint density at radius 2 is 1.91 bits per heavy atom. The number of benzene rings is 1. The van der Waals surface area contributed by atoms with Gasteiger partial charge in [0, 0.05) is 18.8 Å². The van der Waals surface area contributed by atoms with Crippen LogP contribution in [0.2, 0.25) is 0 Å². The Hall–Kier alpha value is -1.79. The second kappa shape index (κ2) is 7.19. The van der Waals surface area contributed by atoms with Crippen LogP contribution in [-0.2, 0) is 6.54 Å². The summed E-state index contributed by atoms with van der Waals surface area (Å²) in [7, 11) is 0. The molecule has 0 radical (unpaired) electrons. The molecular formula is C17H26N5O+. The molecule has 1 atom stereocenters. The minimum atomic E-state index is -0.146. The molecule has 2 heterocycles. The molecule has 0 aliphatic carbocycles. The molecule has 1 saturated heterocycles. The second-order valence-electron chi connectivity index (χ2n) is 6.79. The van der Waals surface area contributed by atoms with E-state index in [1.165, 1.54) is 10.5 Å². The van der Waals surface area contributed by atoms with Crippen LogP contribution in [-0.4, -0.2) is 44.5 Å². The number of piperidine rings is 1. The van der Waals surface area contributed by atoms with Crippen molar-refractivity contribution >= 4 is 0 Å². The average Bonchev–Trinajstić information content (AvgIpc) is 2.98. The van der Waals surface area contributed by atoms with Crippen molar-refractivity contribution in [1.82, 2.24) is 20.2 Å². The summed E-state index contributed by atoms with van der Waals surface area (Å²) in [6.45, 7) is 7.10. The SMILES string of the molecule is CC(C)[C@H](c1nnnn1Cc1ccccc1)[NH+]1CCC(O)CC1. The minimum absolute atomic E-state index is 0.146. The predicted octanol–water partition coefficient (Wildman–Crippen LogP) is 0.458. The standard InChI is InChI=1S/C17H25N5O/c1-13(2)16(21-10-8-15(23)9-11-21)17-18-19-20-22(17)12-14-6-4-3-5-7-14/h3-7,13,15-16,23H,8-12H2,1-2H3/p+1/t16-/m1/s1. The van der Waals surface area contributed by atoms with E-state index >= 15 is 0 Å². The van der Waals surface area contributed by atoms with Gasteiger partial charge in [-0.25, -0.2) is 4.68 Å². The molecule has 1 aliphatic rings. The molecule has 0 amide bonds. The lowest BCUT2D eigenvalue weighted by Crippen LogP contribution is -3.14. The first-order chi connectivity index (χ1) is 11.1. The highest BCUT2D eigenvalue weighted by Crippen LogP contribution is 2.18. The molecule has 3 rings (SSSR count). The molecule has 124 valence electrons. The van der Waals surface area contributed by atoms with E-state index < -0.39 is 0 Å². The number of hydrogen-bond acceptors (Lipinski definition) is 4.